The highest BCUT2D eigenvalue weighted by Crippen LogP contribution is 2.20. The van der Waals surface area contributed by atoms with Crippen molar-refractivity contribution in [1.29, 1.82) is 0 Å². The molecular formula is C22H26F2N4OS. The molecule has 1 aromatic heterocycles. The number of hydrogen-bond donors (Lipinski definition) is 0. The fraction of sp³-hybridized carbons (Fsp3) is 0.364. The zero-order chi connectivity index (χ0) is 21.7. The molecule has 0 N–H and O–H groups in total. The topological polar surface area (TPSA) is 41.4 Å². The number of benzene rings is 2. The number of halogens is 2. The van der Waals surface area contributed by atoms with E-state index in [0.29, 0.717) is 24.4 Å². The van der Waals surface area contributed by atoms with Crippen LogP contribution in [0.3, 0.4) is 0 Å². The van der Waals surface area contributed by atoms with Gasteiger partial charge in [-0.1, -0.05) is 18.2 Å². The Labute approximate surface area is 179 Å². The second kappa shape index (κ2) is 10.0. The summed E-state index contributed by atoms with van der Waals surface area (Å²) in [7, 11) is 3.84. The van der Waals surface area contributed by atoms with E-state index in [9.17, 15) is 13.6 Å². The first-order valence-corrected chi connectivity index (χ1v) is 11.1. The smallest absolute Gasteiger partial charge is 0.242 e. The molecule has 1 amide bonds. The van der Waals surface area contributed by atoms with Crippen LogP contribution in [0.15, 0.2) is 42.5 Å². The summed E-state index contributed by atoms with van der Waals surface area (Å²) in [4.78, 5) is 21.5. The Hall–Kier alpha value is -2.45. The van der Waals surface area contributed by atoms with Crippen molar-refractivity contribution in [3.8, 4) is 0 Å². The zero-order valence-electron chi connectivity index (χ0n) is 17.4. The third-order valence-corrected chi connectivity index (χ3v) is 5.39. The lowest BCUT2D eigenvalue weighted by molar-refractivity contribution is -0.132. The van der Waals surface area contributed by atoms with Gasteiger partial charge in [-0.3, -0.25) is 4.79 Å². The van der Waals surface area contributed by atoms with Crippen molar-refractivity contribution in [2.24, 2.45) is 0 Å². The van der Waals surface area contributed by atoms with Crippen LogP contribution in [-0.2, 0) is 23.6 Å². The number of fused-ring (bicyclic) bond motifs is 1. The standard InChI is InChI=1S/C22H26F2N4OS/c1-26(2)10-11-27(13-16-8-9-17(23)12-18(16)24)22(29)14-28-20-7-5-4-6-19(20)25-21(28)15-30-3/h4-9,12H,10-11,13-15H2,1-3H3. The predicted molar refractivity (Wildman–Crippen MR) is 117 cm³/mol. The van der Waals surface area contributed by atoms with Crippen LogP contribution in [0.2, 0.25) is 0 Å². The Morgan fingerprint density at radius 1 is 1.13 bits per heavy atom. The molecule has 3 aromatic rings. The number of para-hydroxylation sites is 2. The third kappa shape index (κ3) is 5.37. The summed E-state index contributed by atoms with van der Waals surface area (Å²) in [6, 6.07) is 11.2. The van der Waals surface area contributed by atoms with E-state index in [2.05, 4.69) is 4.98 Å². The fourth-order valence-corrected chi connectivity index (χ4v) is 3.72. The van der Waals surface area contributed by atoms with Crippen LogP contribution >= 0.6 is 11.8 Å². The van der Waals surface area contributed by atoms with Gasteiger partial charge in [-0.2, -0.15) is 11.8 Å². The quantitative estimate of drug-likeness (QED) is 0.516. The number of carbonyl (C=O) groups excluding carboxylic acids is 1. The number of likely N-dealkylation sites (N-methyl/N-ethyl adjacent to an activating group) is 1. The van der Waals surface area contributed by atoms with Crippen LogP contribution in [0, 0.1) is 11.6 Å². The lowest BCUT2D eigenvalue weighted by Gasteiger charge is -2.25. The van der Waals surface area contributed by atoms with Crippen molar-refractivity contribution in [3.05, 3.63) is 65.5 Å². The normalized spacial score (nSPS) is 11.4. The molecule has 2 aromatic carbocycles. The Morgan fingerprint density at radius 2 is 1.90 bits per heavy atom. The van der Waals surface area contributed by atoms with E-state index in [1.54, 1.807) is 16.7 Å². The molecule has 0 radical (unpaired) electrons. The van der Waals surface area contributed by atoms with Crippen molar-refractivity contribution < 1.29 is 13.6 Å². The zero-order valence-corrected chi connectivity index (χ0v) is 18.3. The fourth-order valence-electron chi connectivity index (χ4n) is 3.24. The van der Waals surface area contributed by atoms with Gasteiger partial charge in [0.2, 0.25) is 5.91 Å². The highest BCUT2D eigenvalue weighted by atomic mass is 32.2. The molecule has 30 heavy (non-hydrogen) atoms. The van der Waals surface area contributed by atoms with Crippen LogP contribution in [0.1, 0.15) is 11.4 Å². The SMILES string of the molecule is CSCc1nc2ccccc2n1CC(=O)N(CCN(C)C)Cc1ccc(F)cc1F. The van der Waals surface area contributed by atoms with Crippen molar-refractivity contribution in [3.63, 3.8) is 0 Å². The minimum Gasteiger partial charge on any atom is -0.335 e. The average molecular weight is 433 g/mol. The molecule has 0 aliphatic heterocycles. The second-order valence-electron chi connectivity index (χ2n) is 7.39. The molecule has 0 spiro atoms. The Kier molecular flexibility index (Phi) is 7.44. The van der Waals surface area contributed by atoms with Crippen molar-refractivity contribution in [2.75, 3.05) is 33.4 Å². The lowest BCUT2D eigenvalue weighted by Crippen LogP contribution is -2.38. The molecule has 0 saturated carbocycles. The van der Waals surface area contributed by atoms with Crippen LogP contribution in [0.4, 0.5) is 8.78 Å². The van der Waals surface area contributed by atoms with Gasteiger partial charge >= 0.3 is 0 Å². The Balaban J connectivity index is 1.87. The summed E-state index contributed by atoms with van der Waals surface area (Å²) in [5, 5.41) is 0. The maximum absolute atomic E-state index is 14.2. The molecule has 3 rings (SSSR count). The Bertz CT molecular complexity index is 1020. The van der Waals surface area contributed by atoms with Gasteiger partial charge in [0.1, 0.15) is 24.0 Å². The summed E-state index contributed by atoms with van der Waals surface area (Å²) in [6.07, 6.45) is 1.99. The number of rotatable bonds is 9. The second-order valence-corrected chi connectivity index (χ2v) is 8.26. The van der Waals surface area contributed by atoms with Crippen molar-refractivity contribution in [1.82, 2.24) is 19.4 Å². The van der Waals surface area contributed by atoms with Crippen LogP contribution in [-0.4, -0.2) is 58.7 Å². The van der Waals surface area contributed by atoms with Crippen LogP contribution < -0.4 is 0 Å². The lowest BCUT2D eigenvalue weighted by atomic mass is 10.2. The molecule has 1 heterocycles. The van der Waals surface area contributed by atoms with E-state index in [1.807, 2.05) is 54.1 Å². The van der Waals surface area contributed by atoms with Crippen LogP contribution in [0.5, 0.6) is 0 Å². The summed E-state index contributed by atoms with van der Waals surface area (Å²) in [5.74, 6) is 0.109. The maximum atomic E-state index is 14.2. The van der Waals surface area contributed by atoms with Crippen molar-refractivity contribution in [2.45, 2.75) is 18.8 Å². The summed E-state index contributed by atoms with van der Waals surface area (Å²) < 4.78 is 29.4. The number of imidazole rings is 1. The highest BCUT2D eigenvalue weighted by molar-refractivity contribution is 7.97. The molecule has 0 aliphatic carbocycles. The number of hydrogen-bond acceptors (Lipinski definition) is 4. The number of aromatic nitrogens is 2. The highest BCUT2D eigenvalue weighted by Gasteiger charge is 2.20. The largest absolute Gasteiger partial charge is 0.335 e. The van der Waals surface area contributed by atoms with Gasteiger partial charge in [-0.05, 0) is 38.6 Å². The molecule has 0 aliphatic rings. The first-order chi connectivity index (χ1) is 14.4. The number of nitrogens with zero attached hydrogens (tertiary/aromatic N) is 4. The summed E-state index contributed by atoms with van der Waals surface area (Å²) >= 11 is 1.64. The number of amides is 1. The molecule has 0 bridgehead atoms. The first kappa shape index (κ1) is 22.2. The van der Waals surface area contributed by atoms with Crippen molar-refractivity contribution >= 4 is 28.7 Å². The molecule has 0 atom stereocenters. The summed E-state index contributed by atoms with van der Waals surface area (Å²) in [6.45, 7) is 1.28. The van der Waals surface area contributed by atoms with Gasteiger partial charge in [0.25, 0.3) is 0 Å². The maximum Gasteiger partial charge on any atom is 0.242 e. The first-order valence-electron chi connectivity index (χ1n) is 9.68. The van der Waals surface area contributed by atoms with Gasteiger partial charge < -0.3 is 14.4 Å². The van der Waals surface area contributed by atoms with Gasteiger partial charge in [-0.15, -0.1) is 0 Å². The van der Waals surface area contributed by atoms with E-state index in [0.717, 1.165) is 22.9 Å². The van der Waals surface area contributed by atoms with E-state index in [1.165, 1.54) is 12.1 Å². The molecule has 0 unspecified atom stereocenters. The van der Waals surface area contributed by atoms with E-state index >= 15 is 0 Å². The molecule has 0 fully saturated rings. The average Bonchev–Trinajstić information content (AvgIpc) is 3.04. The molecule has 160 valence electrons. The minimum atomic E-state index is -0.645. The number of carbonyl (C=O) groups is 1. The third-order valence-electron chi connectivity index (χ3n) is 4.85. The van der Waals surface area contributed by atoms with E-state index in [-0.39, 0.29) is 19.0 Å². The molecule has 5 nitrogen and oxygen atoms in total. The summed E-state index contributed by atoms with van der Waals surface area (Å²) in [5.41, 5.74) is 2.04. The van der Waals surface area contributed by atoms with Gasteiger partial charge in [0.15, 0.2) is 0 Å². The van der Waals surface area contributed by atoms with E-state index in [4.69, 9.17) is 0 Å². The van der Waals surface area contributed by atoms with Gasteiger partial charge in [0.05, 0.1) is 16.8 Å². The monoisotopic (exact) mass is 432 g/mol. The van der Waals surface area contributed by atoms with Gasteiger partial charge in [0, 0.05) is 31.3 Å². The molecule has 8 heteroatoms. The Morgan fingerprint density at radius 3 is 2.60 bits per heavy atom. The van der Waals surface area contributed by atoms with Gasteiger partial charge in [-0.25, -0.2) is 13.8 Å². The molecular weight excluding hydrogens is 406 g/mol. The van der Waals surface area contributed by atoms with E-state index < -0.39 is 11.6 Å². The predicted octanol–water partition coefficient (Wildman–Crippen LogP) is 3.77. The molecule has 0 saturated heterocycles. The minimum absolute atomic E-state index is 0.0866. The number of thioether (sulfide) groups is 1. The van der Waals surface area contributed by atoms with Crippen LogP contribution in [0.25, 0.3) is 11.0 Å².